The molecule has 1 aliphatic heterocycles. The van der Waals surface area contributed by atoms with E-state index in [2.05, 4.69) is 9.98 Å². The first-order valence-electron chi connectivity index (χ1n) is 7.42. The third-order valence-corrected chi connectivity index (χ3v) is 3.53. The first-order chi connectivity index (χ1) is 11.5. The highest BCUT2D eigenvalue weighted by Gasteiger charge is 2.27. The quantitative estimate of drug-likeness (QED) is 0.608. The van der Waals surface area contributed by atoms with Gasteiger partial charge in [-0.15, -0.1) is 0 Å². The minimum Gasteiger partial charge on any atom is -0.479 e. The number of likely N-dealkylation sites (N-methyl/N-ethyl adjacent to an activating group) is 1. The lowest BCUT2D eigenvalue weighted by Gasteiger charge is -2.29. The predicted octanol–water partition coefficient (Wildman–Crippen LogP) is 1.43. The van der Waals surface area contributed by atoms with E-state index in [1.165, 1.54) is 0 Å². The monoisotopic (exact) mass is 327 g/mol. The average molecular weight is 327 g/mol. The summed E-state index contributed by atoms with van der Waals surface area (Å²) in [5.41, 5.74) is 13.0. The topological polar surface area (TPSA) is 107 Å². The van der Waals surface area contributed by atoms with Gasteiger partial charge in [-0.3, -0.25) is 14.8 Å². The Morgan fingerprint density at radius 1 is 1.29 bits per heavy atom. The molecule has 126 valence electrons. The van der Waals surface area contributed by atoms with Crippen LogP contribution in [-0.4, -0.2) is 36.9 Å². The molecule has 0 fully saturated rings. The fourth-order valence-electron chi connectivity index (χ4n) is 2.20. The van der Waals surface area contributed by atoms with Gasteiger partial charge >= 0.3 is 0 Å². The van der Waals surface area contributed by atoms with Gasteiger partial charge in [-0.25, -0.2) is 0 Å². The molecule has 0 bridgehead atoms. The summed E-state index contributed by atoms with van der Waals surface area (Å²) in [5, 5.41) is 0. The van der Waals surface area contributed by atoms with Crippen molar-refractivity contribution in [2.75, 3.05) is 24.7 Å². The van der Waals surface area contributed by atoms with E-state index < -0.39 is 0 Å². The van der Waals surface area contributed by atoms with Gasteiger partial charge in [0.1, 0.15) is 17.3 Å². The molecule has 1 amide bonds. The minimum atomic E-state index is -0.375. The van der Waals surface area contributed by atoms with Gasteiger partial charge in [0, 0.05) is 20.3 Å². The number of amidine groups is 1. The lowest BCUT2D eigenvalue weighted by molar-refractivity contribution is -0.125. The van der Waals surface area contributed by atoms with E-state index in [-0.39, 0.29) is 12.0 Å². The molecule has 4 N–H and O–H groups in total. The normalized spacial score (nSPS) is 16.6. The zero-order valence-electron chi connectivity index (χ0n) is 13.9. The summed E-state index contributed by atoms with van der Waals surface area (Å²) in [6, 6.07) is 11.0. The molecular weight excluding hydrogens is 306 g/mol. The van der Waals surface area contributed by atoms with Gasteiger partial charge in [-0.2, -0.15) is 0 Å². The first-order valence-corrected chi connectivity index (χ1v) is 7.42. The van der Waals surface area contributed by atoms with Crippen molar-refractivity contribution >= 4 is 23.1 Å². The van der Waals surface area contributed by atoms with Crippen LogP contribution in [0, 0.1) is 0 Å². The number of carbonyl (C=O) groups is 1. The van der Waals surface area contributed by atoms with Crippen LogP contribution in [0.1, 0.15) is 12.6 Å². The molecule has 24 heavy (non-hydrogen) atoms. The van der Waals surface area contributed by atoms with E-state index in [9.17, 15) is 4.79 Å². The molecule has 0 aliphatic carbocycles. The number of amides is 1. The molecule has 1 aliphatic rings. The molecule has 2 aromatic rings. The number of nitrogens with two attached hydrogens (primary N) is 2. The Morgan fingerprint density at radius 3 is 2.67 bits per heavy atom. The number of nitrogens with zero attached hydrogens (tertiary/aromatic N) is 3. The van der Waals surface area contributed by atoms with Crippen LogP contribution < -0.4 is 21.1 Å². The standard InChI is InChI=1S/C10H11NO2.C7H10N4/c1-7-10(12)11(2)8-5-3-4-6-9(8)13-7;1-10-7(9)6-5(8)3-2-4-11-6/h3-7H,1-2H3;2-4H,8H2,1H3,(H2,9,10). The van der Waals surface area contributed by atoms with Gasteiger partial charge in [0.2, 0.25) is 0 Å². The lowest BCUT2D eigenvalue weighted by Crippen LogP contribution is -2.41. The van der Waals surface area contributed by atoms with Crippen molar-refractivity contribution < 1.29 is 9.53 Å². The Kier molecular flexibility index (Phi) is 5.36. The summed E-state index contributed by atoms with van der Waals surface area (Å²) in [5.74, 6) is 1.14. The Labute approximate surface area is 141 Å². The van der Waals surface area contributed by atoms with Gasteiger partial charge in [0.25, 0.3) is 5.91 Å². The number of aliphatic imine (C=N–C) groups is 1. The van der Waals surface area contributed by atoms with E-state index in [4.69, 9.17) is 16.2 Å². The number of hydrogen-bond acceptors (Lipinski definition) is 5. The molecule has 0 radical (unpaired) electrons. The summed E-state index contributed by atoms with van der Waals surface area (Å²) in [6.45, 7) is 1.76. The number of ether oxygens (including phenoxy) is 1. The number of carbonyl (C=O) groups excluding carboxylic acids is 1. The van der Waals surface area contributed by atoms with E-state index in [1.807, 2.05) is 24.3 Å². The van der Waals surface area contributed by atoms with Crippen molar-refractivity contribution in [2.24, 2.45) is 10.7 Å². The highest BCUT2D eigenvalue weighted by molar-refractivity contribution is 6.00. The SMILES string of the molecule is CC1Oc2ccccc2N(C)C1=O.CN=C(N)c1ncccc1N. The fourth-order valence-corrected chi connectivity index (χ4v) is 2.20. The second-order valence-corrected chi connectivity index (χ2v) is 5.18. The van der Waals surface area contributed by atoms with Crippen LogP contribution in [0.4, 0.5) is 11.4 Å². The number of benzene rings is 1. The van der Waals surface area contributed by atoms with Crippen LogP contribution in [0.15, 0.2) is 47.6 Å². The van der Waals surface area contributed by atoms with Crippen LogP contribution >= 0.6 is 0 Å². The van der Waals surface area contributed by atoms with Crippen LogP contribution in [-0.2, 0) is 4.79 Å². The van der Waals surface area contributed by atoms with Gasteiger partial charge in [0.05, 0.1) is 11.4 Å². The predicted molar refractivity (Wildman–Crippen MR) is 95.2 cm³/mol. The van der Waals surface area contributed by atoms with E-state index in [0.717, 1.165) is 11.4 Å². The number of aromatic nitrogens is 1. The molecule has 0 saturated carbocycles. The van der Waals surface area contributed by atoms with Crippen molar-refractivity contribution in [3.05, 3.63) is 48.3 Å². The van der Waals surface area contributed by atoms with Gasteiger partial charge < -0.3 is 21.1 Å². The second-order valence-electron chi connectivity index (χ2n) is 5.18. The highest BCUT2D eigenvalue weighted by Crippen LogP contribution is 2.32. The van der Waals surface area contributed by atoms with Gasteiger partial charge in [0.15, 0.2) is 6.10 Å². The summed E-state index contributed by atoms with van der Waals surface area (Å²) in [4.78, 5) is 20.9. The highest BCUT2D eigenvalue weighted by atomic mass is 16.5. The number of rotatable bonds is 1. The van der Waals surface area contributed by atoms with Crippen LogP contribution in [0.2, 0.25) is 0 Å². The van der Waals surface area contributed by atoms with Crippen molar-refractivity contribution in [3.63, 3.8) is 0 Å². The molecule has 3 rings (SSSR count). The minimum absolute atomic E-state index is 0.00120. The van der Waals surface area contributed by atoms with Crippen LogP contribution in [0.3, 0.4) is 0 Å². The summed E-state index contributed by atoms with van der Waals surface area (Å²) in [7, 11) is 3.36. The third-order valence-electron chi connectivity index (χ3n) is 3.53. The van der Waals surface area contributed by atoms with Crippen molar-refractivity contribution in [2.45, 2.75) is 13.0 Å². The van der Waals surface area contributed by atoms with Crippen molar-refractivity contribution in [1.82, 2.24) is 4.98 Å². The summed E-state index contributed by atoms with van der Waals surface area (Å²) in [6.07, 6.45) is 1.25. The molecule has 1 atom stereocenters. The zero-order valence-corrected chi connectivity index (χ0v) is 13.9. The zero-order chi connectivity index (χ0) is 17.7. The second kappa shape index (κ2) is 7.45. The van der Waals surface area contributed by atoms with Gasteiger partial charge in [-0.1, -0.05) is 12.1 Å². The number of anilines is 2. The molecule has 0 spiro atoms. The van der Waals surface area contributed by atoms with Crippen molar-refractivity contribution in [3.8, 4) is 5.75 Å². The maximum absolute atomic E-state index is 11.5. The first kappa shape index (κ1) is 17.3. The molecule has 0 saturated heterocycles. The van der Waals surface area contributed by atoms with E-state index in [0.29, 0.717) is 17.2 Å². The van der Waals surface area contributed by atoms with Crippen LogP contribution in [0.25, 0.3) is 0 Å². The number of para-hydroxylation sites is 2. The fraction of sp³-hybridized carbons (Fsp3) is 0.235. The number of pyridine rings is 1. The Bertz CT molecular complexity index is 760. The van der Waals surface area contributed by atoms with Crippen LogP contribution in [0.5, 0.6) is 5.75 Å². The largest absolute Gasteiger partial charge is 0.479 e. The summed E-state index contributed by atoms with van der Waals surface area (Å²) >= 11 is 0. The molecule has 7 heteroatoms. The third kappa shape index (κ3) is 3.62. The maximum Gasteiger partial charge on any atom is 0.267 e. The number of nitrogen functional groups attached to an aromatic ring is 1. The Morgan fingerprint density at radius 2 is 2.00 bits per heavy atom. The van der Waals surface area contributed by atoms with E-state index in [1.54, 1.807) is 44.2 Å². The molecular formula is C17H21N5O2. The van der Waals surface area contributed by atoms with Gasteiger partial charge in [-0.05, 0) is 31.2 Å². The van der Waals surface area contributed by atoms with Crippen molar-refractivity contribution in [1.29, 1.82) is 0 Å². The smallest absolute Gasteiger partial charge is 0.267 e. The molecule has 7 nitrogen and oxygen atoms in total. The molecule has 1 aromatic heterocycles. The number of fused-ring (bicyclic) bond motifs is 1. The molecule has 1 aromatic carbocycles. The Balaban J connectivity index is 0.000000177. The molecule has 2 heterocycles. The number of hydrogen-bond donors (Lipinski definition) is 2. The summed E-state index contributed by atoms with van der Waals surface area (Å²) < 4.78 is 5.42. The van der Waals surface area contributed by atoms with E-state index >= 15 is 0 Å². The Hall–Kier alpha value is -3.09. The molecule has 1 unspecified atom stereocenters. The maximum atomic E-state index is 11.5. The average Bonchev–Trinajstić information content (AvgIpc) is 2.60. The lowest BCUT2D eigenvalue weighted by atomic mass is 10.2.